The zero-order valence-electron chi connectivity index (χ0n) is 28.6. The Kier molecular flexibility index (Phi) is 7.04. The second-order valence-electron chi connectivity index (χ2n) is 13.4. The third-order valence-electron chi connectivity index (χ3n) is 10.2. The molecule has 0 saturated carbocycles. The Morgan fingerprint density at radius 1 is 0.423 bits per heavy atom. The van der Waals surface area contributed by atoms with Crippen molar-refractivity contribution in [2.75, 3.05) is 0 Å². The fourth-order valence-electron chi connectivity index (χ4n) is 7.64. The van der Waals surface area contributed by atoms with Gasteiger partial charge < -0.3 is 13.7 Å². The molecule has 0 aliphatic rings. The van der Waals surface area contributed by atoms with Crippen LogP contribution in [0, 0.1) is 6.92 Å². The molecule has 0 aliphatic carbocycles. The molecule has 10 rings (SSSR count). The fraction of sp³-hybridized carbons (Fsp3) is 0.0204. The molecule has 0 amide bonds. The Bertz CT molecular complexity index is 2930. The van der Waals surface area contributed by atoms with Crippen molar-refractivity contribution in [3.8, 4) is 50.6 Å². The van der Waals surface area contributed by atoms with Crippen LogP contribution < -0.4 is 4.74 Å². The monoisotopic (exact) mass is 667 g/mol. The molecular weight excluding hydrogens is 635 g/mol. The summed E-state index contributed by atoms with van der Waals surface area (Å²) in [6.07, 6.45) is 0. The van der Waals surface area contributed by atoms with Crippen LogP contribution in [0.5, 0.6) is 11.5 Å². The number of furan rings is 1. The van der Waals surface area contributed by atoms with Gasteiger partial charge in [-0.15, -0.1) is 0 Å². The molecule has 3 nitrogen and oxygen atoms in total. The number of para-hydroxylation sites is 3. The van der Waals surface area contributed by atoms with Crippen molar-refractivity contribution in [1.29, 1.82) is 0 Å². The highest BCUT2D eigenvalue weighted by atomic mass is 16.5. The van der Waals surface area contributed by atoms with Crippen LogP contribution in [-0.4, -0.2) is 4.57 Å². The Hall–Kier alpha value is -6.84. The van der Waals surface area contributed by atoms with E-state index in [9.17, 15) is 0 Å². The first kappa shape index (κ1) is 30.0. The van der Waals surface area contributed by atoms with E-state index in [1.165, 1.54) is 44.1 Å². The van der Waals surface area contributed by atoms with Crippen molar-refractivity contribution >= 4 is 43.7 Å². The number of ether oxygens (including phenoxy) is 1. The van der Waals surface area contributed by atoms with Gasteiger partial charge in [-0.25, -0.2) is 0 Å². The van der Waals surface area contributed by atoms with E-state index >= 15 is 0 Å². The Morgan fingerprint density at radius 2 is 1.04 bits per heavy atom. The topological polar surface area (TPSA) is 27.3 Å². The molecule has 246 valence electrons. The number of fused-ring (bicyclic) bond motifs is 6. The first-order valence-corrected chi connectivity index (χ1v) is 17.7. The van der Waals surface area contributed by atoms with Gasteiger partial charge in [0.2, 0.25) is 0 Å². The second kappa shape index (κ2) is 12.2. The van der Waals surface area contributed by atoms with E-state index in [1.807, 2.05) is 42.5 Å². The van der Waals surface area contributed by atoms with Gasteiger partial charge in [0.25, 0.3) is 0 Å². The number of hydrogen-bond donors (Lipinski definition) is 0. The van der Waals surface area contributed by atoms with Crippen molar-refractivity contribution in [3.05, 3.63) is 188 Å². The van der Waals surface area contributed by atoms with E-state index < -0.39 is 0 Å². The van der Waals surface area contributed by atoms with Crippen LogP contribution in [0.2, 0.25) is 0 Å². The molecule has 0 radical (unpaired) electrons. The number of hydrogen-bond acceptors (Lipinski definition) is 2. The molecule has 0 bridgehead atoms. The molecule has 0 spiro atoms. The molecule has 3 heteroatoms. The van der Waals surface area contributed by atoms with Crippen LogP contribution in [0.3, 0.4) is 0 Å². The van der Waals surface area contributed by atoms with Crippen LogP contribution >= 0.6 is 0 Å². The van der Waals surface area contributed by atoms with Crippen molar-refractivity contribution in [2.24, 2.45) is 0 Å². The van der Waals surface area contributed by atoms with Gasteiger partial charge in [0.05, 0.1) is 11.0 Å². The molecule has 0 saturated heterocycles. The summed E-state index contributed by atoms with van der Waals surface area (Å²) in [4.78, 5) is 0. The van der Waals surface area contributed by atoms with Crippen LogP contribution in [0.25, 0.3) is 82.8 Å². The molecule has 8 aromatic carbocycles. The normalized spacial score (nSPS) is 11.6. The lowest BCUT2D eigenvalue weighted by molar-refractivity contribution is 0.484. The van der Waals surface area contributed by atoms with Gasteiger partial charge in [-0.2, -0.15) is 0 Å². The van der Waals surface area contributed by atoms with Gasteiger partial charge in [-0.05, 0) is 107 Å². The molecule has 0 N–H and O–H groups in total. The van der Waals surface area contributed by atoms with Gasteiger partial charge in [0.1, 0.15) is 22.7 Å². The van der Waals surface area contributed by atoms with E-state index in [2.05, 4.69) is 151 Å². The summed E-state index contributed by atoms with van der Waals surface area (Å²) >= 11 is 0. The lowest BCUT2D eigenvalue weighted by Gasteiger charge is -2.15. The number of benzene rings is 8. The number of nitrogens with zero attached hydrogens (tertiary/aromatic N) is 1. The van der Waals surface area contributed by atoms with Crippen molar-refractivity contribution in [2.45, 2.75) is 6.92 Å². The van der Waals surface area contributed by atoms with Crippen molar-refractivity contribution in [1.82, 2.24) is 4.57 Å². The first-order chi connectivity index (χ1) is 25.7. The number of aromatic nitrogens is 1. The van der Waals surface area contributed by atoms with Crippen LogP contribution in [0.1, 0.15) is 5.56 Å². The third kappa shape index (κ3) is 5.06. The summed E-state index contributed by atoms with van der Waals surface area (Å²) in [5.41, 5.74) is 13.3. The number of aryl methyl sites for hydroxylation is 1. The van der Waals surface area contributed by atoms with Crippen molar-refractivity contribution < 1.29 is 9.15 Å². The summed E-state index contributed by atoms with van der Waals surface area (Å²) in [6, 6.07) is 64.1. The first-order valence-electron chi connectivity index (χ1n) is 17.7. The van der Waals surface area contributed by atoms with Gasteiger partial charge in [-0.1, -0.05) is 115 Å². The molecule has 10 aromatic rings. The highest BCUT2D eigenvalue weighted by molar-refractivity contribution is 6.10. The van der Waals surface area contributed by atoms with Gasteiger partial charge >= 0.3 is 0 Å². The van der Waals surface area contributed by atoms with E-state index in [-0.39, 0.29) is 0 Å². The zero-order valence-corrected chi connectivity index (χ0v) is 28.6. The molecule has 2 heterocycles. The summed E-state index contributed by atoms with van der Waals surface area (Å²) < 4.78 is 15.0. The van der Waals surface area contributed by atoms with Gasteiger partial charge in [-0.3, -0.25) is 0 Å². The fourth-order valence-corrected chi connectivity index (χ4v) is 7.64. The second-order valence-corrected chi connectivity index (χ2v) is 13.4. The summed E-state index contributed by atoms with van der Waals surface area (Å²) in [6.45, 7) is 2.15. The number of rotatable bonds is 6. The Labute approximate surface area is 301 Å². The van der Waals surface area contributed by atoms with Crippen LogP contribution in [-0.2, 0) is 0 Å². The van der Waals surface area contributed by atoms with Crippen LogP contribution in [0.15, 0.2) is 186 Å². The minimum atomic E-state index is 0.814. The Morgan fingerprint density at radius 3 is 1.90 bits per heavy atom. The Balaban J connectivity index is 1.05. The molecular formula is C49H33NO2. The molecule has 2 aromatic heterocycles. The van der Waals surface area contributed by atoms with Gasteiger partial charge in [0, 0.05) is 32.8 Å². The maximum absolute atomic E-state index is 6.57. The average molecular weight is 668 g/mol. The maximum atomic E-state index is 6.57. The van der Waals surface area contributed by atoms with Gasteiger partial charge in [0.15, 0.2) is 0 Å². The third-order valence-corrected chi connectivity index (χ3v) is 10.2. The SMILES string of the molecule is Cc1ccccc1-c1ccc(-c2ccc3c(c2)c2ccccc2n3-c2ccc(-c3ccc4oc5ccccc5c4c3)cc2)cc1Oc1ccccc1. The lowest BCUT2D eigenvalue weighted by Crippen LogP contribution is -1.94. The molecule has 0 atom stereocenters. The maximum Gasteiger partial charge on any atom is 0.135 e. The molecule has 52 heavy (non-hydrogen) atoms. The standard InChI is InChI=1S/C49H33NO2/c1-32-11-5-6-14-39(32)42-26-21-36(31-49(42)51-38-12-3-2-4-13-38)35-22-27-46-43(29-35)40-15-7-9-17-45(40)50(46)37-24-19-33(20-25-37)34-23-28-48-44(30-34)41-16-8-10-18-47(41)52-48/h2-31H,1H3. The van der Waals surface area contributed by atoms with E-state index in [0.29, 0.717) is 0 Å². The van der Waals surface area contributed by atoms with Crippen molar-refractivity contribution in [3.63, 3.8) is 0 Å². The predicted molar refractivity (Wildman–Crippen MR) is 216 cm³/mol. The minimum Gasteiger partial charge on any atom is -0.457 e. The average Bonchev–Trinajstić information content (AvgIpc) is 3.74. The quantitative estimate of drug-likeness (QED) is 0.176. The zero-order chi connectivity index (χ0) is 34.6. The van der Waals surface area contributed by atoms with E-state index in [4.69, 9.17) is 9.15 Å². The largest absolute Gasteiger partial charge is 0.457 e. The smallest absolute Gasteiger partial charge is 0.135 e. The summed E-state index contributed by atoms with van der Waals surface area (Å²) in [7, 11) is 0. The molecule has 0 fully saturated rings. The summed E-state index contributed by atoms with van der Waals surface area (Å²) in [5.74, 6) is 1.65. The van der Waals surface area contributed by atoms with E-state index in [1.54, 1.807) is 0 Å². The molecule has 0 aliphatic heterocycles. The highest BCUT2D eigenvalue weighted by Gasteiger charge is 2.16. The van der Waals surface area contributed by atoms with E-state index in [0.717, 1.165) is 55.8 Å². The highest BCUT2D eigenvalue weighted by Crippen LogP contribution is 2.41. The minimum absolute atomic E-state index is 0.814. The summed E-state index contributed by atoms with van der Waals surface area (Å²) in [5, 5.41) is 4.71. The lowest BCUT2D eigenvalue weighted by atomic mass is 9.96. The van der Waals surface area contributed by atoms with Crippen LogP contribution in [0.4, 0.5) is 0 Å². The molecule has 0 unspecified atom stereocenters. The predicted octanol–water partition coefficient (Wildman–Crippen LogP) is 13.8.